The number of oxazole rings is 1. The van der Waals surface area contributed by atoms with Crippen molar-refractivity contribution in [3.8, 4) is 11.3 Å². The molecule has 3 aromatic heterocycles. The maximum absolute atomic E-state index is 13.4. The van der Waals surface area contributed by atoms with E-state index < -0.39 is 30.8 Å². The number of aromatic nitrogens is 3. The Kier molecular flexibility index (Phi) is 6.19. The third-order valence-electron chi connectivity index (χ3n) is 6.19. The molecule has 2 bridgehead atoms. The van der Waals surface area contributed by atoms with E-state index in [2.05, 4.69) is 20.3 Å². The summed E-state index contributed by atoms with van der Waals surface area (Å²) in [7, 11) is 0. The highest BCUT2D eigenvalue weighted by Crippen LogP contribution is 2.39. The number of amides is 3. The number of pyridine rings is 2. The van der Waals surface area contributed by atoms with Gasteiger partial charge in [0.05, 0.1) is 24.5 Å². The number of fused-ring (bicyclic) bond motifs is 4. The molecule has 1 saturated heterocycles. The van der Waals surface area contributed by atoms with Crippen LogP contribution >= 0.6 is 0 Å². The predicted molar refractivity (Wildman–Crippen MR) is 125 cm³/mol. The highest BCUT2D eigenvalue weighted by Gasteiger charge is 2.42. The number of rotatable bonds is 5. The van der Waals surface area contributed by atoms with Gasteiger partial charge in [-0.2, -0.15) is 13.2 Å². The molecule has 0 radical (unpaired) electrons. The molecule has 5 heterocycles. The topological polar surface area (TPSA) is 137 Å². The molecule has 2 aliphatic heterocycles. The number of carbonyl (C=O) groups excluding carboxylic acids is 2. The van der Waals surface area contributed by atoms with Gasteiger partial charge in [0.25, 0.3) is 5.91 Å². The fourth-order valence-corrected chi connectivity index (χ4v) is 4.38. The maximum Gasteiger partial charge on any atom is 0.410 e. The first-order valence-electron chi connectivity index (χ1n) is 11.4. The molecule has 194 valence electrons. The zero-order chi connectivity index (χ0) is 26.3. The van der Waals surface area contributed by atoms with Crippen LogP contribution in [-0.2, 0) is 0 Å². The Balaban J connectivity index is 1.41. The van der Waals surface area contributed by atoms with Gasteiger partial charge in [-0.15, -0.1) is 0 Å². The van der Waals surface area contributed by atoms with Gasteiger partial charge in [-0.25, -0.2) is 19.7 Å². The second kappa shape index (κ2) is 9.35. The highest BCUT2D eigenvalue weighted by molar-refractivity contribution is 6.05. The number of aliphatic hydroxyl groups excluding tert-OH is 1. The van der Waals surface area contributed by atoms with Crippen LogP contribution in [0.2, 0.25) is 0 Å². The molecule has 3 aromatic rings. The lowest BCUT2D eigenvalue weighted by Gasteiger charge is -2.35. The maximum atomic E-state index is 13.4. The number of aliphatic hydroxyl groups is 1. The van der Waals surface area contributed by atoms with Crippen LogP contribution in [0, 0.1) is 6.92 Å². The minimum Gasteiger partial charge on any atom is -0.441 e. The molecule has 0 aliphatic carbocycles. The van der Waals surface area contributed by atoms with Gasteiger partial charge < -0.3 is 19.7 Å². The van der Waals surface area contributed by atoms with E-state index >= 15 is 0 Å². The van der Waals surface area contributed by atoms with Crippen LogP contribution in [0.1, 0.15) is 22.8 Å². The van der Waals surface area contributed by atoms with Crippen molar-refractivity contribution < 1.29 is 32.3 Å². The van der Waals surface area contributed by atoms with Gasteiger partial charge >= 0.3 is 12.2 Å². The number of alkyl halides is 3. The fraction of sp³-hybridized carbons (Fsp3) is 0.348. The van der Waals surface area contributed by atoms with Gasteiger partial charge in [0.15, 0.2) is 17.5 Å². The molecule has 0 aromatic carbocycles. The smallest absolute Gasteiger partial charge is 0.410 e. The lowest BCUT2D eigenvalue weighted by molar-refractivity contribution is -0.161. The highest BCUT2D eigenvalue weighted by atomic mass is 19.4. The van der Waals surface area contributed by atoms with Gasteiger partial charge in [-0.3, -0.25) is 15.0 Å². The second-order valence-corrected chi connectivity index (χ2v) is 8.65. The molecule has 37 heavy (non-hydrogen) atoms. The van der Waals surface area contributed by atoms with E-state index in [1.807, 2.05) is 4.90 Å². The zero-order valence-electron chi connectivity index (χ0n) is 19.5. The van der Waals surface area contributed by atoms with Crippen molar-refractivity contribution in [2.24, 2.45) is 0 Å². The van der Waals surface area contributed by atoms with Crippen LogP contribution in [0.3, 0.4) is 0 Å². The summed E-state index contributed by atoms with van der Waals surface area (Å²) in [4.78, 5) is 41.8. The molecule has 0 saturated carbocycles. The first kappa shape index (κ1) is 24.5. The number of carbonyl (C=O) groups is 2. The third-order valence-corrected chi connectivity index (χ3v) is 6.19. The first-order valence-corrected chi connectivity index (χ1v) is 11.4. The number of nitrogens with one attached hydrogen (secondary N) is 2. The molecule has 14 heteroatoms. The third kappa shape index (κ3) is 4.79. The van der Waals surface area contributed by atoms with E-state index in [-0.39, 0.29) is 23.4 Å². The van der Waals surface area contributed by atoms with Gasteiger partial charge in [-0.05, 0) is 30.7 Å². The van der Waals surface area contributed by atoms with Gasteiger partial charge in [0.1, 0.15) is 17.6 Å². The minimum absolute atomic E-state index is 0.147. The summed E-state index contributed by atoms with van der Waals surface area (Å²) < 4.78 is 44.6. The molecule has 2 atom stereocenters. The van der Waals surface area contributed by atoms with Crippen molar-refractivity contribution in [2.75, 3.05) is 34.8 Å². The molecule has 0 spiro atoms. The Morgan fingerprint density at radius 3 is 2.78 bits per heavy atom. The molecule has 5 rings (SSSR count). The summed E-state index contributed by atoms with van der Waals surface area (Å²) in [6, 6.07) is 2.90. The van der Waals surface area contributed by atoms with E-state index in [0.717, 1.165) is 0 Å². The summed E-state index contributed by atoms with van der Waals surface area (Å²) in [6.07, 6.45) is -1.14. The Labute approximate surface area is 208 Å². The lowest BCUT2D eigenvalue weighted by Crippen LogP contribution is -2.49. The summed E-state index contributed by atoms with van der Waals surface area (Å²) in [5.74, 6) is 0.253. The fourth-order valence-electron chi connectivity index (χ4n) is 4.38. The number of anilines is 3. The Hall–Kier alpha value is -4.20. The second-order valence-electron chi connectivity index (χ2n) is 8.65. The van der Waals surface area contributed by atoms with Crippen LogP contribution in [0.15, 0.2) is 41.1 Å². The molecular weight excluding hydrogens is 495 g/mol. The molecule has 1 unspecified atom stereocenters. The Bertz CT molecular complexity index is 1350. The van der Waals surface area contributed by atoms with Crippen LogP contribution in [0.25, 0.3) is 11.3 Å². The number of hydrogen-bond donors (Lipinski definition) is 3. The number of urea groups is 1. The minimum atomic E-state index is -4.83. The molecule has 1 fully saturated rings. The van der Waals surface area contributed by atoms with Gasteiger partial charge in [-0.1, -0.05) is 0 Å². The summed E-state index contributed by atoms with van der Waals surface area (Å²) >= 11 is 0. The van der Waals surface area contributed by atoms with Crippen molar-refractivity contribution in [2.45, 2.75) is 31.6 Å². The van der Waals surface area contributed by atoms with E-state index in [1.54, 1.807) is 36.6 Å². The summed E-state index contributed by atoms with van der Waals surface area (Å²) in [5, 5.41) is 13.5. The molecule has 11 nitrogen and oxygen atoms in total. The van der Waals surface area contributed by atoms with Crippen LogP contribution in [0.4, 0.5) is 35.3 Å². The summed E-state index contributed by atoms with van der Waals surface area (Å²) in [5.41, 5.74) is 0.911. The van der Waals surface area contributed by atoms with Crippen molar-refractivity contribution in [3.05, 3.63) is 48.2 Å². The van der Waals surface area contributed by atoms with E-state index in [9.17, 15) is 22.8 Å². The first-order chi connectivity index (χ1) is 17.6. The Morgan fingerprint density at radius 1 is 1.27 bits per heavy atom. The number of aryl methyl sites for hydroxylation is 1. The van der Waals surface area contributed by atoms with Gasteiger partial charge in [0, 0.05) is 31.8 Å². The van der Waals surface area contributed by atoms with Crippen LogP contribution in [0.5, 0.6) is 0 Å². The number of nitrogens with zero attached hydrogens (tertiary/aromatic N) is 5. The molecule has 2 aliphatic rings. The van der Waals surface area contributed by atoms with Crippen molar-refractivity contribution in [1.29, 1.82) is 0 Å². The monoisotopic (exact) mass is 517 g/mol. The predicted octanol–water partition coefficient (Wildman–Crippen LogP) is 2.72. The van der Waals surface area contributed by atoms with E-state index in [0.29, 0.717) is 42.4 Å². The quantitative estimate of drug-likeness (QED) is 0.470. The average molecular weight is 517 g/mol. The number of hydrogen-bond acceptors (Lipinski definition) is 8. The molecule has 3 N–H and O–H groups in total. The SMILES string of the molecule is Cc1ncc(-c2ccnc(NC(=O)N3c4nc(C(=O)N[C@H](CO)C(F)(F)F)ccc4N4CCC3C4)c2)o1. The lowest BCUT2D eigenvalue weighted by atomic mass is 10.1. The Morgan fingerprint density at radius 2 is 2.08 bits per heavy atom. The standard InChI is InChI=1S/C23H22F3N7O4/c1-12-28-9-17(37-12)13-4-6-27-19(8-13)31-22(36)33-14-5-7-32(10-14)16-3-2-15(29-20(16)33)21(35)30-18(11-34)23(24,25)26/h2-4,6,8-9,14,18,34H,5,7,10-11H2,1H3,(H,30,35)(H,27,31,36)/t14?,18-/m1/s1. The van der Waals surface area contributed by atoms with E-state index in [4.69, 9.17) is 9.52 Å². The normalized spacial score (nSPS) is 17.4. The van der Waals surface area contributed by atoms with Crippen molar-refractivity contribution in [3.63, 3.8) is 0 Å². The zero-order valence-corrected chi connectivity index (χ0v) is 19.5. The average Bonchev–Trinajstić information content (AvgIpc) is 3.48. The number of halogens is 3. The largest absolute Gasteiger partial charge is 0.441 e. The molecular formula is C23H22F3N7O4. The van der Waals surface area contributed by atoms with Crippen molar-refractivity contribution >= 4 is 29.3 Å². The molecule has 3 amide bonds. The van der Waals surface area contributed by atoms with Gasteiger partial charge in [0.2, 0.25) is 0 Å². The summed E-state index contributed by atoms with van der Waals surface area (Å²) in [6.45, 7) is 1.58. The van der Waals surface area contributed by atoms with Crippen LogP contribution in [-0.4, -0.2) is 70.0 Å². The van der Waals surface area contributed by atoms with E-state index in [1.165, 1.54) is 17.2 Å². The van der Waals surface area contributed by atoms with Crippen LogP contribution < -0.4 is 20.4 Å². The van der Waals surface area contributed by atoms with Crippen molar-refractivity contribution in [1.82, 2.24) is 20.3 Å².